The predicted octanol–water partition coefficient (Wildman–Crippen LogP) is 6.40. The molecule has 0 unspecified atom stereocenters. The van der Waals surface area contributed by atoms with Crippen molar-refractivity contribution in [2.75, 3.05) is 4.90 Å². The second kappa shape index (κ2) is 9.76. The smallest absolute Gasteiger partial charge is 0.416 e. The lowest BCUT2D eigenvalue weighted by Crippen LogP contribution is -2.39. The molecule has 43 heavy (non-hydrogen) atoms. The Labute approximate surface area is 247 Å². The van der Waals surface area contributed by atoms with Crippen LogP contribution in [-0.4, -0.2) is 28.5 Å². The second-order valence-electron chi connectivity index (χ2n) is 10.8. The van der Waals surface area contributed by atoms with E-state index in [1.165, 1.54) is 18.2 Å². The van der Waals surface area contributed by atoms with Crippen molar-refractivity contribution in [1.82, 2.24) is 0 Å². The largest absolute Gasteiger partial charge is 0.508 e. The Morgan fingerprint density at radius 3 is 2.12 bits per heavy atom. The Bertz CT molecular complexity index is 1700. The SMILES string of the molecule is O=C1C=C(Br)C(=O)C2=C1[C@@H](c1cccc(O)c1)C1=CC[C@@H]3C(=O)N(c4cc(C(F)(F)F)cc(C(F)(F)F)c4)C(=O)[C@@H]3[C@@H]1C2. The van der Waals surface area contributed by atoms with Crippen molar-refractivity contribution in [1.29, 1.82) is 0 Å². The maximum Gasteiger partial charge on any atom is 0.416 e. The highest BCUT2D eigenvalue weighted by atomic mass is 79.9. The van der Waals surface area contributed by atoms with Gasteiger partial charge in [0.05, 0.1) is 33.1 Å². The fourth-order valence-electron chi connectivity index (χ4n) is 6.61. The van der Waals surface area contributed by atoms with Crippen LogP contribution in [0.25, 0.3) is 0 Å². The van der Waals surface area contributed by atoms with Crippen molar-refractivity contribution in [2.45, 2.75) is 31.1 Å². The number of rotatable bonds is 2. The molecular formula is C30H18BrF6NO5. The second-order valence-corrected chi connectivity index (χ2v) is 11.6. The van der Waals surface area contributed by atoms with Gasteiger partial charge in [0, 0.05) is 23.1 Å². The number of anilines is 1. The molecule has 3 aliphatic carbocycles. The molecule has 13 heteroatoms. The molecular weight excluding hydrogens is 648 g/mol. The van der Waals surface area contributed by atoms with Crippen LogP contribution in [-0.2, 0) is 31.5 Å². The van der Waals surface area contributed by atoms with Gasteiger partial charge in [0.2, 0.25) is 11.8 Å². The average molecular weight is 666 g/mol. The van der Waals surface area contributed by atoms with Crippen molar-refractivity contribution < 1.29 is 50.6 Å². The number of nitrogens with zero attached hydrogens (tertiary/aromatic N) is 1. The Morgan fingerprint density at radius 2 is 1.51 bits per heavy atom. The first-order valence-corrected chi connectivity index (χ1v) is 13.7. The first kappa shape index (κ1) is 29.1. The van der Waals surface area contributed by atoms with E-state index < -0.39 is 76.2 Å². The van der Waals surface area contributed by atoms with Crippen LogP contribution in [0.15, 0.2) is 75.8 Å². The van der Waals surface area contributed by atoms with E-state index in [0.717, 1.165) is 6.08 Å². The minimum Gasteiger partial charge on any atom is -0.508 e. The van der Waals surface area contributed by atoms with Gasteiger partial charge in [0.15, 0.2) is 11.6 Å². The molecule has 2 aromatic carbocycles. The molecule has 4 atom stereocenters. The van der Waals surface area contributed by atoms with Crippen LogP contribution in [0.1, 0.15) is 35.4 Å². The van der Waals surface area contributed by atoms with Crippen molar-refractivity contribution in [3.63, 3.8) is 0 Å². The molecule has 2 amide bonds. The molecule has 0 saturated carbocycles. The summed E-state index contributed by atoms with van der Waals surface area (Å²) in [6, 6.07) is 6.51. The van der Waals surface area contributed by atoms with Crippen LogP contribution in [0.3, 0.4) is 0 Å². The molecule has 1 N–H and O–H groups in total. The van der Waals surface area contributed by atoms with Crippen LogP contribution >= 0.6 is 15.9 Å². The van der Waals surface area contributed by atoms with Crippen molar-refractivity contribution in [3.05, 3.63) is 92.5 Å². The topological polar surface area (TPSA) is 91.8 Å². The highest BCUT2D eigenvalue weighted by Gasteiger charge is 2.57. The molecule has 6 nitrogen and oxygen atoms in total. The number of carbonyl (C=O) groups is 4. The summed E-state index contributed by atoms with van der Waals surface area (Å²) in [5.41, 5.74) is -3.06. The summed E-state index contributed by atoms with van der Waals surface area (Å²) in [7, 11) is 0. The normalized spacial score (nSPS) is 25.8. The molecule has 1 fully saturated rings. The van der Waals surface area contributed by atoms with E-state index in [4.69, 9.17) is 0 Å². The number of hydrogen-bond acceptors (Lipinski definition) is 5. The number of hydrogen-bond donors (Lipinski definition) is 1. The molecule has 1 saturated heterocycles. The van der Waals surface area contributed by atoms with Crippen LogP contribution < -0.4 is 4.90 Å². The molecule has 0 aromatic heterocycles. The van der Waals surface area contributed by atoms with Gasteiger partial charge >= 0.3 is 12.4 Å². The van der Waals surface area contributed by atoms with Gasteiger partial charge in [-0.25, -0.2) is 4.90 Å². The zero-order valence-electron chi connectivity index (χ0n) is 21.6. The van der Waals surface area contributed by atoms with Gasteiger partial charge in [-0.05, 0) is 70.6 Å². The van der Waals surface area contributed by atoms with E-state index >= 15 is 0 Å². The number of halogens is 7. The number of imide groups is 1. The Morgan fingerprint density at radius 1 is 0.860 bits per heavy atom. The number of aromatic hydroxyl groups is 1. The summed E-state index contributed by atoms with van der Waals surface area (Å²) >= 11 is 3.08. The van der Waals surface area contributed by atoms with E-state index in [2.05, 4.69) is 15.9 Å². The number of phenols is 1. The maximum atomic E-state index is 13.9. The third-order valence-corrected chi connectivity index (χ3v) is 8.95. The number of phenolic OH excluding ortho intramolecular Hbond substituents is 1. The molecule has 0 radical (unpaired) electrons. The average Bonchev–Trinajstić information content (AvgIpc) is 3.19. The minimum absolute atomic E-state index is 0.0233. The van der Waals surface area contributed by atoms with Crippen LogP contribution in [0.5, 0.6) is 5.75 Å². The van der Waals surface area contributed by atoms with Crippen LogP contribution in [0.2, 0.25) is 0 Å². The van der Waals surface area contributed by atoms with Crippen molar-refractivity contribution in [2.24, 2.45) is 17.8 Å². The highest BCUT2D eigenvalue weighted by Crippen LogP contribution is 2.56. The number of ketones is 2. The molecule has 222 valence electrons. The molecule has 0 spiro atoms. The Balaban J connectivity index is 1.48. The summed E-state index contributed by atoms with van der Waals surface area (Å²) in [6.45, 7) is 0. The lowest BCUT2D eigenvalue weighted by atomic mass is 9.59. The van der Waals surface area contributed by atoms with E-state index in [1.807, 2.05) is 0 Å². The number of amides is 2. The van der Waals surface area contributed by atoms with Gasteiger partial charge in [-0.15, -0.1) is 0 Å². The zero-order chi connectivity index (χ0) is 31.2. The van der Waals surface area contributed by atoms with Gasteiger partial charge in [-0.1, -0.05) is 23.8 Å². The lowest BCUT2D eigenvalue weighted by Gasteiger charge is -2.42. The minimum atomic E-state index is -5.20. The summed E-state index contributed by atoms with van der Waals surface area (Å²) in [5, 5.41) is 10.2. The third kappa shape index (κ3) is 4.64. The summed E-state index contributed by atoms with van der Waals surface area (Å²) in [4.78, 5) is 54.2. The highest BCUT2D eigenvalue weighted by molar-refractivity contribution is 9.12. The Hall–Kier alpha value is -4.00. The first-order valence-electron chi connectivity index (χ1n) is 12.9. The van der Waals surface area contributed by atoms with Crippen molar-refractivity contribution >= 4 is 45.0 Å². The quantitative estimate of drug-likeness (QED) is 0.174. The van der Waals surface area contributed by atoms with Gasteiger partial charge < -0.3 is 5.11 Å². The van der Waals surface area contributed by atoms with Gasteiger partial charge in [0.1, 0.15) is 5.75 Å². The molecule has 0 bridgehead atoms. The van der Waals surface area contributed by atoms with Gasteiger partial charge in [0.25, 0.3) is 0 Å². The monoisotopic (exact) mass is 665 g/mol. The standard InChI is InChI=1S/C30H18BrF6NO5/c31-21-11-22(40)25-20(26(21)41)10-19-17(23(25)12-2-1-3-16(39)6-12)4-5-18-24(19)28(43)38(27(18)42)15-8-13(29(32,33)34)7-14(9-15)30(35,36)37/h1-4,6-9,11,18-19,23-24,39H,5,10H2/t18-,19+,23-,24-/m0/s1. The number of carbonyl (C=O) groups excluding carboxylic acids is 4. The molecule has 2 aromatic rings. The number of benzene rings is 2. The molecule has 6 rings (SSSR count). The van der Waals surface area contributed by atoms with Crippen molar-refractivity contribution in [3.8, 4) is 5.75 Å². The third-order valence-electron chi connectivity index (χ3n) is 8.37. The van der Waals surface area contributed by atoms with Gasteiger partial charge in [-0.3, -0.25) is 19.2 Å². The van der Waals surface area contributed by atoms with E-state index in [-0.39, 0.29) is 40.3 Å². The maximum absolute atomic E-state index is 13.9. The number of Topliss-reactive ketones (excluding diaryl/α,β-unsaturated/α-hetero) is 1. The fraction of sp³-hybridized carbons (Fsp3) is 0.267. The predicted molar refractivity (Wildman–Crippen MR) is 142 cm³/mol. The lowest BCUT2D eigenvalue weighted by molar-refractivity contribution is -0.143. The van der Waals surface area contributed by atoms with Gasteiger partial charge in [-0.2, -0.15) is 26.3 Å². The molecule has 4 aliphatic rings. The summed E-state index contributed by atoms with van der Waals surface area (Å²) in [5.74, 6) is -7.21. The van der Waals surface area contributed by atoms with E-state index in [1.54, 1.807) is 12.1 Å². The fourth-order valence-corrected chi connectivity index (χ4v) is 7.06. The molecule has 1 heterocycles. The number of allylic oxidation sites excluding steroid dienone is 6. The number of alkyl halides is 6. The summed E-state index contributed by atoms with van der Waals surface area (Å²) < 4.78 is 81.4. The van der Waals surface area contributed by atoms with Crippen LogP contribution in [0, 0.1) is 17.8 Å². The van der Waals surface area contributed by atoms with E-state index in [9.17, 15) is 50.6 Å². The van der Waals surface area contributed by atoms with Crippen LogP contribution in [0.4, 0.5) is 32.0 Å². The summed E-state index contributed by atoms with van der Waals surface area (Å²) in [6.07, 6.45) is -7.87. The van der Waals surface area contributed by atoms with E-state index in [0.29, 0.717) is 28.2 Å². The Kier molecular flexibility index (Phi) is 6.60. The molecule has 1 aliphatic heterocycles. The zero-order valence-corrected chi connectivity index (χ0v) is 23.2. The number of fused-ring (bicyclic) bond motifs is 3. The first-order chi connectivity index (χ1) is 20.1.